The summed E-state index contributed by atoms with van der Waals surface area (Å²) >= 11 is 0. The molecule has 27 heavy (non-hydrogen) atoms. The van der Waals surface area contributed by atoms with Crippen LogP contribution in [0.3, 0.4) is 0 Å². The zero-order valence-electron chi connectivity index (χ0n) is 15.9. The molecule has 0 aliphatic carbocycles. The topological polar surface area (TPSA) is 71.3 Å². The highest BCUT2D eigenvalue weighted by Gasteiger charge is 2.48. The van der Waals surface area contributed by atoms with Gasteiger partial charge in [0.25, 0.3) is 0 Å². The van der Waals surface area contributed by atoms with Crippen molar-refractivity contribution in [3.05, 3.63) is 42.0 Å². The second-order valence-corrected chi connectivity index (χ2v) is 7.86. The van der Waals surface area contributed by atoms with E-state index in [1.165, 1.54) is 0 Å². The van der Waals surface area contributed by atoms with Crippen LogP contribution >= 0.6 is 0 Å². The number of carbonyl (C=O) groups excluding carboxylic acids is 2. The number of aryl methyl sites for hydroxylation is 3. The maximum atomic E-state index is 12.7. The van der Waals surface area contributed by atoms with Crippen molar-refractivity contribution in [3.8, 4) is 0 Å². The summed E-state index contributed by atoms with van der Waals surface area (Å²) in [5.74, 6) is 0.281. The number of nitrogens with zero attached hydrogens (tertiary/aromatic N) is 5. The third-order valence-electron chi connectivity index (χ3n) is 5.66. The number of pyridine rings is 1. The van der Waals surface area contributed by atoms with Crippen molar-refractivity contribution >= 4 is 17.5 Å². The highest BCUT2D eigenvalue weighted by Crippen LogP contribution is 2.41. The summed E-state index contributed by atoms with van der Waals surface area (Å²) in [7, 11) is 1.85. The Morgan fingerprint density at radius 2 is 2.15 bits per heavy atom. The van der Waals surface area contributed by atoms with Crippen molar-refractivity contribution in [2.75, 3.05) is 24.5 Å². The van der Waals surface area contributed by atoms with Crippen molar-refractivity contribution in [1.82, 2.24) is 19.7 Å². The Morgan fingerprint density at radius 1 is 1.30 bits per heavy atom. The number of aromatic nitrogens is 3. The summed E-state index contributed by atoms with van der Waals surface area (Å²) in [5.41, 5.74) is 2.65. The Balaban J connectivity index is 1.36. The zero-order valence-corrected chi connectivity index (χ0v) is 15.9. The Hall–Kier alpha value is -2.70. The van der Waals surface area contributed by atoms with Gasteiger partial charge in [0.2, 0.25) is 11.8 Å². The number of amides is 2. The lowest BCUT2D eigenvalue weighted by Crippen LogP contribution is -2.34. The first kappa shape index (κ1) is 17.7. The third-order valence-corrected chi connectivity index (χ3v) is 5.66. The van der Waals surface area contributed by atoms with E-state index in [0.717, 1.165) is 30.0 Å². The van der Waals surface area contributed by atoms with E-state index in [9.17, 15) is 9.59 Å². The number of rotatable bonds is 4. The fraction of sp³-hybridized carbons (Fsp3) is 0.500. The molecule has 2 aliphatic heterocycles. The fourth-order valence-electron chi connectivity index (χ4n) is 4.23. The molecule has 0 saturated carbocycles. The number of carbonyl (C=O) groups is 2. The van der Waals surface area contributed by atoms with E-state index in [-0.39, 0.29) is 17.2 Å². The van der Waals surface area contributed by atoms with Crippen LogP contribution in [0.5, 0.6) is 0 Å². The Labute approximate surface area is 159 Å². The van der Waals surface area contributed by atoms with Crippen molar-refractivity contribution in [2.24, 2.45) is 12.5 Å². The Bertz CT molecular complexity index is 877. The van der Waals surface area contributed by atoms with Crippen LogP contribution in [0.1, 0.15) is 30.7 Å². The van der Waals surface area contributed by atoms with Crippen molar-refractivity contribution in [1.29, 1.82) is 0 Å². The van der Waals surface area contributed by atoms with Gasteiger partial charge in [0, 0.05) is 62.5 Å². The summed E-state index contributed by atoms with van der Waals surface area (Å²) in [6.45, 7) is 4.02. The van der Waals surface area contributed by atoms with Gasteiger partial charge in [0.15, 0.2) is 0 Å². The first-order chi connectivity index (χ1) is 12.9. The molecule has 0 radical (unpaired) electrons. The maximum absolute atomic E-state index is 12.7. The van der Waals surface area contributed by atoms with Crippen LogP contribution in [0, 0.1) is 12.3 Å². The van der Waals surface area contributed by atoms with E-state index in [1.807, 2.05) is 48.2 Å². The minimum atomic E-state index is -0.121. The quantitative estimate of drug-likeness (QED) is 0.825. The molecule has 1 spiro atoms. The molecule has 1 atom stereocenters. The summed E-state index contributed by atoms with van der Waals surface area (Å²) < 4.78 is 1.71. The second kappa shape index (κ2) is 6.79. The van der Waals surface area contributed by atoms with Gasteiger partial charge in [-0.2, -0.15) is 5.10 Å². The predicted octanol–water partition coefficient (Wildman–Crippen LogP) is 1.71. The first-order valence-electron chi connectivity index (χ1n) is 9.43. The lowest BCUT2D eigenvalue weighted by molar-refractivity contribution is -0.130. The summed E-state index contributed by atoms with van der Waals surface area (Å²) in [5, 5.41) is 4.17. The molecule has 4 rings (SSSR count). The van der Waals surface area contributed by atoms with E-state index in [2.05, 4.69) is 10.1 Å². The third kappa shape index (κ3) is 3.59. The normalized spacial score (nSPS) is 22.2. The van der Waals surface area contributed by atoms with Gasteiger partial charge < -0.3 is 9.80 Å². The standard InChI is InChI=1S/C20H25N5O2/c1-15-4-3-5-16(22-15)6-7-18(26)24-9-8-20(13-24)10-19(27)25(14-20)17-11-21-23(2)12-17/h3-5,11-12H,6-10,13-14H2,1-2H3. The van der Waals surface area contributed by atoms with Gasteiger partial charge in [-0.15, -0.1) is 0 Å². The molecule has 1 unspecified atom stereocenters. The van der Waals surface area contributed by atoms with E-state index in [1.54, 1.807) is 10.9 Å². The summed E-state index contributed by atoms with van der Waals surface area (Å²) in [6.07, 6.45) is 6.10. The van der Waals surface area contributed by atoms with Gasteiger partial charge in [-0.3, -0.25) is 19.3 Å². The van der Waals surface area contributed by atoms with Gasteiger partial charge in [0.1, 0.15) is 0 Å². The monoisotopic (exact) mass is 367 g/mol. The Morgan fingerprint density at radius 3 is 2.89 bits per heavy atom. The first-order valence-corrected chi connectivity index (χ1v) is 9.43. The smallest absolute Gasteiger partial charge is 0.227 e. The van der Waals surface area contributed by atoms with Crippen molar-refractivity contribution in [2.45, 2.75) is 32.6 Å². The number of anilines is 1. The van der Waals surface area contributed by atoms with E-state index < -0.39 is 0 Å². The largest absolute Gasteiger partial charge is 0.342 e. The zero-order chi connectivity index (χ0) is 19.0. The number of hydrogen-bond acceptors (Lipinski definition) is 4. The lowest BCUT2D eigenvalue weighted by Gasteiger charge is -2.23. The molecule has 2 aromatic rings. The molecule has 4 heterocycles. The molecule has 2 amide bonds. The molecular formula is C20H25N5O2. The molecule has 0 N–H and O–H groups in total. The van der Waals surface area contributed by atoms with Crippen LogP contribution in [0.15, 0.2) is 30.6 Å². The molecule has 7 nitrogen and oxygen atoms in total. The Kier molecular flexibility index (Phi) is 4.45. The fourth-order valence-corrected chi connectivity index (χ4v) is 4.23. The SMILES string of the molecule is Cc1cccc(CCC(=O)N2CCC3(CC(=O)N(c4cnn(C)c4)C3)C2)n1. The van der Waals surface area contributed by atoms with Crippen LogP contribution in [0.4, 0.5) is 5.69 Å². The minimum absolute atomic E-state index is 0.121. The van der Waals surface area contributed by atoms with Crippen LogP contribution < -0.4 is 4.90 Å². The summed E-state index contributed by atoms with van der Waals surface area (Å²) in [4.78, 5) is 33.4. The molecule has 7 heteroatoms. The molecule has 2 aromatic heterocycles. The lowest BCUT2D eigenvalue weighted by atomic mass is 9.86. The average Bonchev–Trinajstić information content (AvgIpc) is 3.32. The molecule has 142 valence electrons. The molecule has 2 saturated heterocycles. The van der Waals surface area contributed by atoms with Crippen LogP contribution in [0.25, 0.3) is 0 Å². The van der Waals surface area contributed by atoms with Crippen LogP contribution in [-0.2, 0) is 23.1 Å². The molecule has 0 bridgehead atoms. The van der Waals surface area contributed by atoms with Crippen molar-refractivity contribution < 1.29 is 9.59 Å². The van der Waals surface area contributed by atoms with Gasteiger partial charge in [-0.1, -0.05) is 6.07 Å². The molecular weight excluding hydrogens is 342 g/mol. The van der Waals surface area contributed by atoms with Gasteiger partial charge in [0.05, 0.1) is 11.9 Å². The predicted molar refractivity (Wildman–Crippen MR) is 101 cm³/mol. The molecule has 2 aliphatic rings. The average molecular weight is 367 g/mol. The highest BCUT2D eigenvalue weighted by molar-refractivity contribution is 5.96. The van der Waals surface area contributed by atoms with Gasteiger partial charge >= 0.3 is 0 Å². The van der Waals surface area contributed by atoms with Crippen LogP contribution in [-0.4, -0.2) is 51.1 Å². The number of hydrogen-bond donors (Lipinski definition) is 0. The van der Waals surface area contributed by atoms with Crippen LogP contribution in [0.2, 0.25) is 0 Å². The molecule has 2 fully saturated rings. The van der Waals surface area contributed by atoms with Crippen molar-refractivity contribution in [3.63, 3.8) is 0 Å². The number of likely N-dealkylation sites (tertiary alicyclic amines) is 1. The van der Waals surface area contributed by atoms with E-state index in [0.29, 0.717) is 32.4 Å². The summed E-state index contributed by atoms with van der Waals surface area (Å²) in [6, 6.07) is 5.90. The van der Waals surface area contributed by atoms with E-state index >= 15 is 0 Å². The van der Waals surface area contributed by atoms with Gasteiger partial charge in [-0.25, -0.2) is 0 Å². The van der Waals surface area contributed by atoms with Gasteiger partial charge in [-0.05, 0) is 31.9 Å². The molecule has 0 aromatic carbocycles. The second-order valence-electron chi connectivity index (χ2n) is 7.86. The maximum Gasteiger partial charge on any atom is 0.227 e. The minimum Gasteiger partial charge on any atom is -0.342 e. The highest BCUT2D eigenvalue weighted by atomic mass is 16.2. The van der Waals surface area contributed by atoms with E-state index in [4.69, 9.17) is 0 Å².